The van der Waals surface area contributed by atoms with Crippen molar-refractivity contribution in [2.45, 2.75) is 50.9 Å². The molecule has 122 valence electrons. The average molecular weight is 311 g/mol. The molecule has 1 N–H and O–H groups in total. The van der Waals surface area contributed by atoms with Crippen molar-refractivity contribution in [3.63, 3.8) is 0 Å². The van der Waals surface area contributed by atoms with Gasteiger partial charge in [0.15, 0.2) is 0 Å². The first-order chi connectivity index (χ1) is 11.1. The molecule has 23 heavy (non-hydrogen) atoms. The second kappa shape index (κ2) is 5.50. The van der Waals surface area contributed by atoms with Crippen LogP contribution in [-0.2, 0) is 0 Å². The second-order valence-corrected chi connectivity index (χ2v) is 7.39. The molecule has 1 fully saturated rings. The fourth-order valence-corrected chi connectivity index (χ4v) is 4.13. The van der Waals surface area contributed by atoms with Crippen molar-refractivity contribution in [3.05, 3.63) is 42.0 Å². The number of rotatable bonds is 1. The number of ether oxygens (including phenoxy) is 1. The van der Waals surface area contributed by atoms with Crippen molar-refractivity contribution in [1.82, 2.24) is 4.90 Å². The minimum absolute atomic E-state index is 0.0140. The fraction of sp³-hybridized carbons (Fsp3) is 0.500. The summed E-state index contributed by atoms with van der Waals surface area (Å²) >= 11 is 0. The van der Waals surface area contributed by atoms with E-state index in [0.29, 0.717) is 0 Å². The molecule has 0 radical (unpaired) electrons. The van der Waals surface area contributed by atoms with Crippen LogP contribution in [0.4, 0.5) is 0 Å². The Morgan fingerprint density at radius 2 is 1.78 bits per heavy atom. The number of nitrogens with zero attached hydrogens (tertiary/aromatic N) is 1. The number of aliphatic hydroxyl groups is 1. The van der Waals surface area contributed by atoms with E-state index in [1.54, 1.807) is 0 Å². The van der Waals surface area contributed by atoms with Gasteiger partial charge in [0, 0.05) is 5.56 Å². The van der Waals surface area contributed by atoms with Crippen LogP contribution < -0.4 is 4.74 Å². The van der Waals surface area contributed by atoms with Gasteiger partial charge in [0.05, 0.1) is 6.04 Å². The van der Waals surface area contributed by atoms with Gasteiger partial charge in [0.25, 0.3) is 0 Å². The Hall–Kier alpha value is -1.58. The average Bonchev–Trinajstić information content (AvgIpc) is 2.56. The molecule has 2 aliphatic rings. The fourth-order valence-electron chi connectivity index (χ4n) is 4.13. The van der Waals surface area contributed by atoms with E-state index >= 15 is 0 Å². The molecule has 0 bridgehead atoms. The molecule has 2 aromatic carbocycles. The molecule has 3 nitrogen and oxygen atoms in total. The van der Waals surface area contributed by atoms with E-state index in [-0.39, 0.29) is 6.04 Å². The van der Waals surface area contributed by atoms with Gasteiger partial charge < -0.3 is 9.84 Å². The lowest BCUT2D eigenvalue weighted by atomic mass is 9.82. The Labute approximate surface area is 137 Å². The number of fused-ring (bicyclic) bond motifs is 3. The molecule has 1 saturated heterocycles. The maximum Gasteiger partial charge on any atom is 0.131 e. The predicted molar refractivity (Wildman–Crippen MR) is 92.8 cm³/mol. The lowest BCUT2D eigenvalue weighted by Crippen LogP contribution is -2.54. The highest BCUT2D eigenvalue weighted by molar-refractivity contribution is 5.88. The predicted octanol–water partition coefficient (Wildman–Crippen LogP) is 3.90. The van der Waals surface area contributed by atoms with Gasteiger partial charge in [-0.2, -0.15) is 0 Å². The summed E-state index contributed by atoms with van der Waals surface area (Å²) in [6, 6.07) is 12.6. The van der Waals surface area contributed by atoms with Gasteiger partial charge in [-0.1, -0.05) is 36.8 Å². The summed E-state index contributed by atoms with van der Waals surface area (Å²) in [4.78, 5) is 2.46. The Balaban J connectivity index is 1.91. The molecule has 0 aliphatic carbocycles. The monoisotopic (exact) mass is 311 g/mol. The molecule has 0 aromatic heterocycles. The van der Waals surface area contributed by atoms with Gasteiger partial charge in [-0.25, -0.2) is 0 Å². The quantitative estimate of drug-likeness (QED) is 0.867. The summed E-state index contributed by atoms with van der Waals surface area (Å²) in [5.74, 6) is 0.926. The third kappa shape index (κ3) is 2.43. The molecule has 2 aromatic rings. The molecule has 3 heteroatoms. The second-order valence-electron chi connectivity index (χ2n) is 7.39. The SMILES string of the molecule is CC1(C)Oc2ccc3ccccc3c2[C@@H](N2CCCCC2)[C@@H]1O. The smallest absolute Gasteiger partial charge is 0.131 e. The van der Waals surface area contributed by atoms with E-state index in [0.717, 1.165) is 24.4 Å². The van der Waals surface area contributed by atoms with Crippen LogP contribution in [0.25, 0.3) is 10.8 Å². The standard InChI is InChI=1S/C20H25NO2/c1-20(2)19(22)18(21-12-6-3-7-13-21)17-15-9-5-4-8-14(15)10-11-16(17)23-20/h4-5,8-11,18-19,22H,3,6-7,12-13H2,1-2H3/t18-,19+/m1/s1. The van der Waals surface area contributed by atoms with Gasteiger partial charge in [-0.05, 0) is 56.6 Å². The first-order valence-electron chi connectivity index (χ1n) is 8.71. The summed E-state index contributed by atoms with van der Waals surface area (Å²) in [6.07, 6.45) is 3.19. The van der Waals surface area contributed by atoms with E-state index in [9.17, 15) is 5.11 Å². The first kappa shape index (κ1) is 15.0. The highest BCUT2D eigenvalue weighted by Crippen LogP contribution is 2.46. The van der Waals surface area contributed by atoms with Crippen molar-refractivity contribution >= 4 is 10.8 Å². The Morgan fingerprint density at radius 3 is 2.57 bits per heavy atom. The summed E-state index contributed by atoms with van der Waals surface area (Å²) < 4.78 is 6.18. The van der Waals surface area contributed by atoms with Crippen LogP contribution in [0.15, 0.2) is 36.4 Å². The summed E-state index contributed by atoms with van der Waals surface area (Å²) in [5, 5.41) is 13.5. The van der Waals surface area contributed by atoms with Crippen LogP contribution in [-0.4, -0.2) is 34.8 Å². The summed E-state index contributed by atoms with van der Waals surface area (Å²) in [5.41, 5.74) is 0.592. The van der Waals surface area contributed by atoms with Crippen molar-refractivity contribution < 1.29 is 9.84 Å². The highest BCUT2D eigenvalue weighted by Gasteiger charge is 2.46. The largest absolute Gasteiger partial charge is 0.485 e. The Kier molecular flexibility index (Phi) is 3.58. The molecule has 0 unspecified atom stereocenters. The van der Waals surface area contributed by atoms with Crippen LogP contribution in [0.5, 0.6) is 5.75 Å². The molecule has 2 heterocycles. The third-order valence-corrected chi connectivity index (χ3v) is 5.39. The van der Waals surface area contributed by atoms with Crippen LogP contribution >= 0.6 is 0 Å². The molecule has 2 aliphatic heterocycles. The lowest BCUT2D eigenvalue weighted by Gasteiger charge is -2.47. The van der Waals surface area contributed by atoms with Crippen LogP contribution in [0.2, 0.25) is 0 Å². The number of piperidine rings is 1. The van der Waals surface area contributed by atoms with Crippen LogP contribution in [0.3, 0.4) is 0 Å². The number of benzene rings is 2. The number of likely N-dealkylation sites (tertiary alicyclic amines) is 1. The van der Waals surface area contributed by atoms with Gasteiger partial charge >= 0.3 is 0 Å². The zero-order valence-corrected chi connectivity index (χ0v) is 14.0. The molecule has 0 amide bonds. The normalized spacial score (nSPS) is 27.4. The molecule has 4 rings (SSSR count). The van der Waals surface area contributed by atoms with E-state index in [4.69, 9.17) is 4.74 Å². The zero-order chi connectivity index (χ0) is 16.0. The van der Waals surface area contributed by atoms with Crippen LogP contribution in [0.1, 0.15) is 44.7 Å². The van der Waals surface area contributed by atoms with Crippen molar-refractivity contribution in [1.29, 1.82) is 0 Å². The maximum absolute atomic E-state index is 11.1. The lowest BCUT2D eigenvalue weighted by molar-refractivity contribution is -0.0954. The molecule has 2 atom stereocenters. The third-order valence-electron chi connectivity index (χ3n) is 5.39. The van der Waals surface area contributed by atoms with Crippen molar-refractivity contribution in [3.8, 4) is 5.75 Å². The van der Waals surface area contributed by atoms with Gasteiger partial charge in [0.2, 0.25) is 0 Å². The van der Waals surface area contributed by atoms with E-state index in [1.165, 1.54) is 30.0 Å². The molecule has 0 spiro atoms. The van der Waals surface area contributed by atoms with E-state index < -0.39 is 11.7 Å². The van der Waals surface area contributed by atoms with Crippen LogP contribution in [0, 0.1) is 0 Å². The number of hydrogen-bond acceptors (Lipinski definition) is 3. The number of hydrogen-bond donors (Lipinski definition) is 1. The van der Waals surface area contributed by atoms with Gasteiger partial charge in [-0.15, -0.1) is 0 Å². The minimum Gasteiger partial charge on any atom is -0.485 e. The van der Waals surface area contributed by atoms with Crippen molar-refractivity contribution in [2.75, 3.05) is 13.1 Å². The molecular formula is C20H25NO2. The summed E-state index contributed by atoms with van der Waals surface area (Å²) in [6.45, 7) is 6.10. The molecular weight excluding hydrogens is 286 g/mol. The van der Waals surface area contributed by atoms with E-state index in [1.807, 2.05) is 13.8 Å². The maximum atomic E-state index is 11.1. The highest BCUT2D eigenvalue weighted by atomic mass is 16.5. The molecule has 0 saturated carbocycles. The van der Waals surface area contributed by atoms with Gasteiger partial charge in [0.1, 0.15) is 17.5 Å². The zero-order valence-electron chi connectivity index (χ0n) is 14.0. The Bertz CT molecular complexity index is 719. The summed E-state index contributed by atoms with van der Waals surface area (Å²) in [7, 11) is 0. The van der Waals surface area contributed by atoms with Crippen molar-refractivity contribution in [2.24, 2.45) is 0 Å². The number of aliphatic hydroxyl groups excluding tert-OH is 1. The minimum atomic E-state index is -0.572. The Morgan fingerprint density at radius 1 is 1.04 bits per heavy atom. The first-order valence-corrected chi connectivity index (χ1v) is 8.71. The topological polar surface area (TPSA) is 32.7 Å². The van der Waals surface area contributed by atoms with E-state index in [2.05, 4.69) is 41.3 Å². The van der Waals surface area contributed by atoms with Gasteiger partial charge in [-0.3, -0.25) is 4.90 Å².